The Morgan fingerprint density at radius 2 is 1.80 bits per heavy atom. The van der Waals surface area contributed by atoms with Crippen molar-refractivity contribution >= 4 is 11.0 Å². The van der Waals surface area contributed by atoms with Crippen molar-refractivity contribution in [3.8, 4) is 11.3 Å². The quantitative estimate of drug-likeness (QED) is 0.797. The smallest absolute Gasteiger partial charge is 0.202 e. The van der Waals surface area contributed by atoms with Crippen LogP contribution in [-0.4, -0.2) is 26.3 Å². The fourth-order valence-corrected chi connectivity index (χ4v) is 3.42. The molecule has 4 rings (SSSR count). The third-order valence-corrected chi connectivity index (χ3v) is 4.80. The first-order valence-electron chi connectivity index (χ1n) is 8.75. The first kappa shape index (κ1) is 16.1. The summed E-state index contributed by atoms with van der Waals surface area (Å²) in [7, 11) is 0. The molecule has 0 saturated carbocycles. The number of hydrogen-bond donors (Lipinski definition) is 1. The lowest BCUT2D eigenvalue weighted by atomic mass is 10.0. The number of benzene rings is 2. The number of nitrogens with one attached hydrogen (secondary N) is 1. The molecule has 1 aliphatic heterocycles. The average Bonchev–Trinajstić information content (AvgIpc) is 2.66. The summed E-state index contributed by atoms with van der Waals surface area (Å²) in [6.07, 6.45) is 0. The number of fused-ring (bicyclic) bond motifs is 1. The van der Waals surface area contributed by atoms with E-state index in [9.17, 15) is 4.79 Å². The van der Waals surface area contributed by atoms with Crippen LogP contribution in [0.25, 0.3) is 22.3 Å². The van der Waals surface area contributed by atoms with Crippen molar-refractivity contribution in [2.24, 2.45) is 0 Å². The average molecular weight is 336 g/mol. The van der Waals surface area contributed by atoms with Gasteiger partial charge in [0.05, 0.1) is 24.2 Å². The largest absolute Gasteiger partial charge is 0.455 e. The summed E-state index contributed by atoms with van der Waals surface area (Å²) in [5.41, 5.74) is 3.51. The van der Waals surface area contributed by atoms with Crippen molar-refractivity contribution in [2.75, 3.05) is 26.3 Å². The molecule has 2 aromatic carbocycles. The zero-order chi connectivity index (χ0) is 17.2. The lowest BCUT2D eigenvalue weighted by Crippen LogP contribution is -3.13. The zero-order valence-electron chi connectivity index (χ0n) is 14.4. The minimum absolute atomic E-state index is 0.0859. The fourth-order valence-electron chi connectivity index (χ4n) is 3.42. The van der Waals surface area contributed by atoms with Gasteiger partial charge < -0.3 is 14.1 Å². The van der Waals surface area contributed by atoms with Gasteiger partial charge in [-0.05, 0) is 19.1 Å². The Labute approximate surface area is 146 Å². The molecule has 3 aromatic rings. The van der Waals surface area contributed by atoms with Gasteiger partial charge in [0.15, 0.2) is 0 Å². The van der Waals surface area contributed by atoms with Crippen LogP contribution in [0, 0.1) is 6.92 Å². The molecule has 0 spiro atoms. The zero-order valence-corrected chi connectivity index (χ0v) is 14.4. The van der Waals surface area contributed by atoms with Gasteiger partial charge in [-0.15, -0.1) is 0 Å². The lowest BCUT2D eigenvalue weighted by Gasteiger charge is -2.24. The molecular weight excluding hydrogens is 314 g/mol. The van der Waals surface area contributed by atoms with E-state index in [0.717, 1.165) is 43.0 Å². The van der Waals surface area contributed by atoms with Gasteiger partial charge in [0, 0.05) is 5.56 Å². The first-order chi connectivity index (χ1) is 12.2. The number of morpholine rings is 1. The van der Waals surface area contributed by atoms with Crippen LogP contribution in [-0.2, 0) is 11.3 Å². The summed E-state index contributed by atoms with van der Waals surface area (Å²) in [5, 5.41) is 0.669. The van der Waals surface area contributed by atoms with E-state index in [-0.39, 0.29) is 5.43 Å². The molecular formula is C21H22NO3+. The third kappa shape index (κ3) is 3.23. The summed E-state index contributed by atoms with van der Waals surface area (Å²) in [5.74, 6) is 0.695. The molecule has 4 nitrogen and oxygen atoms in total. The van der Waals surface area contributed by atoms with Gasteiger partial charge in [0.25, 0.3) is 0 Å². The highest BCUT2D eigenvalue weighted by Gasteiger charge is 2.22. The maximum atomic E-state index is 13.2. The van der Waals surface area contributed by atoms with Crippen LogP contribution in [0.5, 0.6) is 0 Å². The lowest BCUT2D eigenvalue weighted by molar-refractivity contribution is -0.921. The van der Waals surface area contributed by atoms with Crippen LogP contribution in [0.2, 0.25) is 0 Å². The molecule has 0 aliphatic carbocycles. The van der Waals surface area contributed by atoms with Crippen LogP contribution in [0.15, 0.2) is 57.7 Å². The Hall–Kier alpha value is -2.43. The van der Waals surface area contributed by atoms with E-state index in [0.29, 0.717) is 23.3 Å². The van der Waals surface area contributed by atoms with E-state index in [1.165, 1.54) is 4.90 Å². The van der Waals surface area contributed by atoms with Gasteiger partial charge in [-0.25, -0.2) is 0 Å². The van der Waals surface area contributed by atoms with E-state index < -0.39 is 0 Å². The molecule has 1 aromatic heterocycles. The Morgan fingerprint density at radius 3 is 2.56 bits per heavy atom. The molecule has 1 fully saturated rings. The van der Waals surface area contributed by atoms with Crippen LogP contribution in [0.1, 0.15) is 11.1 Å². The van der Waals surface area contributed by atoms with E-state index in [1.54, 1.807) is 0 Å². The van der Waals surface area contributed by atoms with Gasteiger partial charge in [-0.1, -0.05) is 42.0 Å². The monoisotopic (exact) mass is 336 g/mol. The van der Waals surface area contributed by atoms with Crippen molar-refractivity contribution in [2.45, 2.75) is 13.5 Å². The number of aryl methyl sites for hydroxylation is 1. The summed E-state index contributed by atoms with van der Waals surface area (Å²) in [6, 6.07) is 15.7. The van der Waals surface area contributed by atoms with Crippen molar-refractivity contribution in [3.63, 3.8) is 0 Å². The molecule has 2 heterocycles. The molecule has 1 aliphatic rings. The van der Waals surface area contributed by atoms with Crippen molar-refractivity contribution < 1.29 is 14.1 Å². The molecule has 1 saturated heterocycles. The maximum Gasteiger partial charge on any atom is 0.202 e. The van der Waals surface area contributed by atoms with Gasteiger partial charge in [0.2, 0.25) is 5.43 Å². The minimum Gasteiger partial charge on any atom is -0.455 e. The van der Waals surface area contributed by atoms with Crippen LogP contribution < -0.4 is 10.3 Å². The van der Waals surface area contributed by atoms with Gasteiger partial charge in [-0.2, -0.15) is 0 Å². The Kier molecular flexibility index (Phi) is 4.38. The van der Waals surface area contributed by atoms with Crippen LogP contribution in [0.3, 0.4) is 0 Å². The molecule has 0 atom stereocenters. The highest BCUT2D eigenvalue weighted by atomic mass is 16.5. The highest BCUT2D eigenvalue weighted by molar-refractivity contribution is 5.81. The number of hydrogen-bond acceptors (Lipinski definition) is 3. The van der Waals surface area contributed by atoms with E-state index in [1.807, 2.05) is 55.5 Å². The highest BCUT2D eigenvalue weighted by Crippen LogP contribution is 2.26. The molecule has 0 radical (unpaired) electrons. The Morgan fingerprint density at radius 1 is 1.04 bits per heavy atom. The number of rotatable bonds is 3. The summed E-state index contributed by atoms with van der Waals surface area (Å²) < 4.78 is 11.7. The van der Waals surface area contributed by atoms with E-state index in [4.69, 9.17) is 9.15 Å². The van der Waals surface area contributed by atoms with Crippen molar-refractivity contribution in [1.82, 2.24) is 0 Å². The summed E-state index contributed by atoms with van der Waals surface area (Å²) in [4.78, 5) is 14.6. The van der Waals surface area contributed by atoms with Gasteiger partial charge in [0.1, 0.15) is 31.0 Å². The van der Waals surface area contributed by atoms with Crippen LogP contribution >= 0.6 is 0 Å². The number of ether oxygens (including phenoxy) is 1. The second-order valence-corrected chi connectivity index (χ2v) is 6.64. The van der Waals surface area contributed by atoms with Gasteiger partial charge >= 0.3 is 0 Å². The normalized spacial score (nSPS) is 15.6. The van der Waals surface area contributed by atoms with E-state index in [2.05, 4.69) is 0 Å². The molecule has 0 unspecified atom stereocenters. The van der Waals surface area contributed by atoms with Crippen molar-refractivity contribution in [3.05, 3.63) is 69.9 Å². The second-order valence-electron chi connectivity index (χ2n) is 6.64. The molecule has 0 bridgehead atoms. The first-order valence-corrected chi connectivity index (χ1v) is 8.75. The van der Waals surface area contributed by atoms with Crippen LogP contribution in [0.4, 0.5) is 0 Å². The molecule has 128 valence electrons. The van der Waals surface area contributed by atoms with Gasteiger partial charge in [-0.3, -0.25) is 4.79 Å². The molecule has 4 heteroatoms. The predicted molar refractivity (Wildman–Crippen MR) is 97.9 cm³/mol. The predicted octanol–water partition coefficient (Wildman–Crippen LogP) is 2.18. The molecule has 25 heavy (non-hydrogen) atoms. The fraction of sp³-hybridized carbons (Fsp3) is 0.286. The maximum absolute atomic E-state index is 13.2. The topological polar surface area (TPSA) is 43.9 Å². The standard InChI is InChI=1S/C21H21NO3/c1-15-7-8-19-17(13-15)20(23)18(14-22-9-11-24-12-10-22)21(25-19)16-5-3-2-4-6-16/h2-8,13H,9-12,14H2,1H3/p+1. The minimum atomic E-state index is 0.0859. The summed E-state index contributed by atoms with van der Waals surface area (Å²) in [6.45, 7) is 5.98. The Bertz CT molecular complexity index is 941. The second kappa shape index (κ2) is 6.82. The van der Waals surface area contributed by atoms with E-state index >= 15 is 0 Å². The Balaban J connectivity index is 1.89. The summed E-state index contributed by atoms with van der Waals surface area (Å²) >= 11 is 0. The number of quaternary nitrogens is 1. The molecule has 1 N–H and O–H groups in total. The third-order valence-electron chi connectivity index (χ3n) is 4.80. The van der Waals surface area contributed by atoms with Crippen molar-refractivity contribution in [1.29, 1.82) is 0 Å². The SMILES string of the molecule is Cc1ccc2oc(-c3ccccc3)c(C[NH+]3CCOCC3)c(=O)c2c1. The molecule has 0 amide bonds.